The van der Waals surface area contributed by atoms with Crippen LogP contribution >= 0.6 is 23.1 Å². The summed E-state index contributed by atoms with van der Waals surface area (Å²) in [5, 5.41) is 13.9. The third-order valence-electron chi connectivity index (χ3n) is 4.30. The van der Waals surface area contributed by atoms with E-state index in [1.807, 2.05) is 18.2 Å². The Bertz CT molecular complexity index is 1040. The second kappa shape index (κ2) is 6.59. The predicted octanol–water partition coefficient (Wildman–Crippen LogP) is 5.49. The van der Waals surface area contributed by atoms with Gasteiger partial charge >= 0.3 is 0 Å². The predicted molar refractivity (Wildman–Crippen MR) is 105 cm³/mol. The first kappa shape index (κ1) is 16.8. The number of amides is 1. The molecule has 0 fully saturated rings. The van der Waals surface area contributed by atoms with Crippen LogP contribution in [0.3, 0.4) is 0 Å². The van der Waals surface area contributed by atoms with Crippen molar-refractivity contribution in [2.75, 3.05) is 5.32 Å². The lowest BCUT2D eigenvalue weighted by Gasteiger charge is -2.14. The van der Waals surface area contributed by atoms with E-state index >= 15 is 0 Å². The van der Waals surface area contributed by atoms with E-state index in [-0.39, 0.29) is 11.6 Å². The van der Waals surface area contributed by atoms with Gasteiger partial charge in [0.05, 0.1) is 21.1 Å². The fourth-order valence-corrected chi connectivity index (χ4v) is 5.26. The summed E-state index contributed by atoms with van der Waals surface area (Å²) in [4.78, 5) is 26.3. The van der Waals surface area contributed by atoms with Crippen molar-refractivity contribution in [1.29, 1.82) is 0 Å². The van der Waals surface area contributed by atoms with Crippen LogP contribution in [0.2, 0.25) is 0 Å². The van der Waals surface area contributed by atoms with E-state index in [4.69, 9.17) is 0 Å². The molecule has 5 nitrogen and oxygen atoms in total. The molecule has 3 aromatic rings. The maximum atomic E-state index is 12.7. The molecule has 2 aromatic carbocycles. The molecule has 0 radical (unpaired) electrons. The average Bonchev–Trinajstić information content (AvgIpc) is 3.08. The van der Waals surface area contributed by atoms with Crippen molar-refractivity contribution < 1.29 is 9.72 Å². The number of hydrogen-bond donors (Lipinski definition) is 1. The fraction of sp³-hybridized carbons (Fsp3) is 0.105. The summed E-state index contributed by atoms with van der Waals surface area (Å²) in [6.45, 7) is 1.64. The summed E-state index contributed by atoms with van der Waals surface area (Å²) >= 11 is 3.23. The molecule has 1 amide bonds. The lowest BCUT2D eigenvalue weighted by atomic mass is 10.1. The van der Waals surface area contributed by atoms with E-state index in [9.17, 15) is 14.9 Å². The third-order valence-corrected chi connectivity index (χ3v) is 6.63. The number of fused-ring (bicyclic) bond motifs is 3. The third kappa shape index (κ3) is 2.89. The molecule has 0 unspecified atom stereocenters. The zero-order chi connectivity index (χ0) is 18.3. The van der Waals surface area contributed by atoms with Gasteiger partial charge in [-0.05, 0) is 30.7 Å². The molecule has 130 valence electrons. The molecule has 0 spiro atoms. The Morgan fingerprint density at radius 2 is 2.00 bits per heavy atom. The summed E-state index contributed by atoms with van der Waals surface area (Å²) in [7, 11) is 0. The number of nitro groups is 1. The van der Waals surface area contributed by atoms with Crippen LogP contribution in [-0.4, -0.2) is 10.8 Å². The number of thioether (sulfide) groups is 1. The van der Waals surface area contributed by atoms with Crippen molar-refractivity contribution in [2.45, 2.75) is 17.6 Å². The number of nitrogens with one attached hydrogen (secondary N) is 1. The van der Waals surface area contributed by atoms with E-state index in [1.165, 1.54) is 22.3 Å². The zero-order valence-corrected chi connectivity index (χ0v) is 15.4. The molecule has 1 aromatic heterocycles. The quantitative estimate of drug-likeness (QED) is 0.480. The van der Waals surface area contributed by atoms with Gasteiger partial charge in [0.2, 0.25) is 0 Å². The van der Waals surface area contributed by atoms with Gasteiger partial charge in [-0.2, -0.15) is 0 Å². The van der Waals surface area contributed by atoms with E-state index in [1.54, 1.807) is 30.8 Å². The first-order chi connectivity index (χ1) is 12.5. The van der Waals surface area contributed by atoms with Crippen molar-refractivity contribution in [3.05, 3.63) is 74.6 Å². The summed E-state index contributed by atoms with van der Waals surface area (Å²) in [6, 6.07) is 14.8. The number of carbonyl (C=O) groups excluding carboxylic acids is 1. The number of carbonyl (C=O) groups is 1. The fourth-order valence-electron chi connectivity index (χ4n) is 2.95. The Labute approximate surface area is 158 Å². The molecule has 0 atom stereocenters. The number of hydrogen-bond acceptors (Lipinski definition) is 5. The normalized spacial score (nSPS) is 12.2. The molecule has 7 heteroatoms. The Morgan fingerprint density at radius 3 is 2.81 bits per heavy atom. The number of nitrogens with zero attached hydrogens (tertiary/aromatic N) is 1. The SMILES string of the molecule is Cc1c(NC(=O)c2cc3c(s2)-c2ccccc2SC3)cccc1[N+](=O)[O-]. The molecule has 0 saturated carbocycles. The molecule has 1 aliphatic rings. The van der Waals surface area contributed by atoms with Crippen molar-refractivity contribution in [1.82, 2.24) is 0 Å². The van der Waals surface area contributed by atoms with Crippen molar-refractivity contribution in [3.8, 4) is 10.4 Å². The van der Waals surface area contributed by atoms with Gasteiger partial charge in [0, 0.05) is 27.2 Å². The summed E-state index contributed by atoms with van der Waals surface area (Å²) in [5.41, 5.74) is 3.23. The Kier molecular flexibility index (Phi) is 4.26. The smallest absolute Gasteiger partial charge is 0.274 e. The minimum Gasteiger partial charge on any atom is -0.321 e. The highest BCUT2D eigenvalue weighted by atomic mass is 32.2. The summed E-state index contributed by atoms with van der Waals surface area (Å²) in [6.07, 6.45) is 0. The average molecular weight is 382 g/mol. The van der Waals surface area contributed by atoms with Gasteiger partial charge in [0.15, 0.2) is 0 Å². The highest BCUT2D eigenvalue weighted by molar-refractivity contribution is 7.98. The minimum atomic E-state index is -0.441. The van der Waals surface area contributed by atoms with Crippen molar-refractivity contribution in [3.63, 3.8) is 0 Å². The Hall–Kier alpha value is -2.64. The van der Waals surface area contributed by atoms with Crippen LogP contribution < -0.4 is 5.32 Å². The van der Waals surface area contributed by atoms with E-state index < -0.39 is 4.92 Å². The first-order valence-corrected chi connectivity index (χ1v) is 9.75. The molecule has 2 heterocycles. The second-order valence-electron chi connectivity index (χ2n) is 5.91. The van der Waals surface area contributed by atoms with E-state index in [0.717, 1.165) is 21.8 Å². The van der Waals surface area contributed by atoms with Crippen molar-refractivity contribution >= 4 is 40.4 Å². The Morgan fingerprint density at radius 1 is 1.19 bits per heavy atom. The number of thiophene rings is 1. The molecule has 0 aliphatic carbocycles. The van der Waals surface area contributed by atoms with E-state index in [0.29, 0.717) is 16.1 Å². The molecule has 1 aliphatic heterocycles. The topological polar surface area (TPSA) is 72.2 Å². The lowest BCUT2D eigenvalue weighted by Crippen LogP contribution is -2.11. The lowest BCUT2D eigenvalue weighted by molar-refractivity contribution is -0.385. The van der Waals surface area contributed by atoms with Crippen LogP contribution in [-0.2, 0) is 5.75 Å². The monoisotopic (exact) mass is 382 g/mol. The molecular weight excluding hydrogens is 368 g/mol. The number of nitro benzene ring substituents is 1. The minimum absolute atomic E-state index is 0.00129. The van der Waals surface area contributed by atoms with Gasteiger partial charge in [-0.15, -0.1) is 23.1 Å². The summed E-state index contributed by atoms with van der Waals surface area (Å²) < 4.78 is 0. The van der Waals surface area contributed by atoms with Gasteiger partial charge in [0.25, 0.3) is 11.6 Å². The zero-order valence-electron chi connectivity index (χ0n) is 13.8. The number of benzene rings is 2. The molecule has 0 saturated heterocycles. The first-order valence-electron chi connectivity index (χ1n) is 7.95. The van der Waals surface area contributed by atoms with Crippen LogP contribution in [0.25, 0.3) is 10.4 Å². The van der Waals surface area contributed by atoms with Crippen LogP contribution in [0.5, 0.6) is 0 Å². The van der Waals surface area contributed by atoms with Gasteiger partial charge < -0.3 is 5.32 Å². The molecular formula is C19H14N2O3S2. The highest BCUT2D eigenvalue weighted by Gasteiger charge is 2.22. The summed E-state index contributed by atoms with van der Waals surface area (Å²) in [5.74, 6) is 0.599. The second-order valence-corrected chi connectivity index (χ2v) is 7.98. The van der Waals surface area contributed by atoms with Gasteiger partial charge in [0.1, 0.15) is 0 Å². The van der Waals surface area contributed by atoms with Crippen LogP contribution in [0, 0.1) is 17.0 Å². The van der Waals surface area contributed by atoms with Crippen LogP contribution in [0.1, 0.15) is 20.8 Å². The molecule has 1 N–H and O–H groups in total. The van der Waals surface area contributed by atoms with Gasteiger partial charge in [-0.25, -0.2) is 0 Å². The van der Waals surface area contributed by atoms with Crippen LogP contribution in [0.4, 0.5) is 11.4 Å². The van der Waals surface area contributed by atoms with Crippen molar-refractivity contribution in [2.24, 2.45) is 0 Å². The van der Waals surface area contributed by atoms with Crippen LogP contribution in [0.15, 0.2) is 53.4 Å². The highest BCUT2D eigenvalue weighted by Crippen LogP contribution is 2.45. The molecule has 26 heavy (non-hydrogen) atoms. The largest absolute Gasteiger partial charge is 0.321 e. The van der Waals surface area contributed by atoms with Gasteiger partial charge in [-0.3, -0.25) is 14.9 Å². The van der Waals surface area contributed by atoms with E-state index in [2.05, 4.69) is 17.4 Å². The Balaban J connectivity index is 1.65. The number of rotatable bonds is 3. The standard InChI is InChI=1S/C19H14N2O3S2/c1-11-14(6-4-7-15(11)21(23)24)20-19(22)17-9-12-10-25-16-8-3-2-5-13(16)18(12)26-17/h2-9H,10H2,1H3,(H,20,22). The molecule has 4 rings (SSSR count). The van der Waals surface area contributed by atoms with Gasteiger partial charge in [-0.1, -0.05) is 24.3 Å². The maximum Gasteiger partial charge on any atom is 0.274 e. The maximum absolute atomic E-state index is 12.7. The molecule has 0 bridgehead atoms. The number of anilines is 1.